The number of benzene rings is 1. The van der Waals surface area contributed by atoms with Gasteiger partial charge in [-0.2, -0.15) is 0 Å². The zero-order chi connectivity index (χ0) is 8.43. The summed E-state index contributed by atoms with van der Waals surface area (Å²) in [6.07, 6.45) is 0. The molecule has 0 heterocycles. The Labute approximate surface area is 78.1 Å². The second-order valence-corrected chi connectivity index (χ2v) is 3.34. The van der Waals surface area contributed by atoms with Crippen molar-refractivity contribution in [1.82, 2.24) is 0 Å². The summed E-state index contributed by atoms with van der Waals surface area (Å²) in [5.41, 5.74) is 6.64. The fourth-order valence-electron chi connectivity index (χ4n) is 0.770. The minimum absolute atomic E-state index is 0.104. The highest BCUT2D eigenvalue weighted by atomic mass is 79.9. The van der Waals surface area contributed by atoms with Gasteiger partial charge in [-0.25, -0.2) is 0 Å². The molecule has 0 aliphatic carbocycles. The summed E-state index contributed by atoms with van der Waals surface area (Å²) in [6, 6.07) is 3.43. The molecule has 0 aliphatic rings. The first-order valence-electron chi connectivity index (χ1n) is 3.00. The topological polar surface area (TPSA) is 46.2 Å². The molecule has 0 aromatic heterocycles. The van der Waals surface area contributed by atoms with Crippen molar-refractivity contribution < 1.29 is 5.11 Å². The van der Waals surface area contributed by atoms with E-state index in [9.17, 15) is 0 Å². The molecule has 1 aromatic rings. The summed E-state index contributed by atoms with van der Waals surface area (Å²) in [5.74, 6) is 0. The number of hydrogen-bond acceptors (Lipinski definition) is 2. The molecule has 1 aromatic carbocycles. The van der Waals surface area contributed by atoms with Gasteiger partial charge in [0.2, 0.25) is 0 Å². The standard InChI is InChI=1S/C7H7BrClNO/c8-5-1-2-6(9)7(10)4(5)3-11/h1-2,11H,3,10H2. The van der Waals surface area contributed by atoms with Crippen molar-refractivity contribution in [3.63, 3.8) is 0 Å². The minimum Gasteiger partial charge on any atom is -0.397 e. The van der Waals surface area contributed by atoms with Crippen LogP contribution in [0.2, 0.25) is 5.02 Å². The van der Waals surface area contributed by atoms with Crippen LogP contribution < -0.4 is 5.73 Å². The van der Waals surface area contributed by atoms with Gasteiger partial charge >= 0.3 is 0 Å². The van der Waals surface area contributed by atoms with Crippen LogP contribution in [0.4, 0.5) is 5.69 Å². The van der Waals surface area contributed by atoms with Crippen molar-refractivity contribution in [2.45, 2.75) is 6.61 Å². The lowest BCUT2D eigenvalue weighted by Gasteiger charge is -2.05. The van der Waals surface area contributed by atoms with E-state index in [1.807, 2.05) is 0 Å². The van der Waals surface area contributed by atoms with Crippen molar-refractivity contribution in [2.75, 3.05) is 5.73 Å². The van der Waals surface area contributed by atoms with Crippen LogP contribution in [0.25, 0.3) is 0 Å². The average molecular weight is 236 g/mol. The van der Waals surface area contributed by atoms with Gasteiger partial charge in [0.05, 0.1) is 17.3 Å². The summed E-state index contributed by atoms with van der Waals surface area (Å²) < 4.78 is 0.780. The van der Waals surface area contributed by atoms with E-state index in [0.717, 1.165) is 4.47 Å². The quantitative estimate of drug-likeness (QED) is 0.734. The molecule has 1 rings (SSSR count). The first-order valence-corrected chi connectivity index (χ1v) is 4.17. The van der Waals surface area contributed by atoms with Gasteiger partial charge in [-0.15, -0.1) is 0 Å². The Morgan fingerprint density at radius 3 is 2.64 bits per heavy atom. The number of rotatable bonds is 1. The average Bonchev–Trinajstić information content (AvgIpc) is 1.99. The highest BCUT2D eigenvalue weighted by Gasteiger charge is 2.05. The van der Waals surface area contributed by atoms with Gasteiger partial charge in [0, 0.05) is 10.0 Å². The van der Waals surface area contributed by atoms with Crippen molar-refractivity contribution in [3.8, 4) is 0 Å². The molecule has 11 heavy (non-hydrogen) atoms. The molecule has 0 fully saturated rings. The lowest BCUT2D eigenvalue weighted by Crippen LogP contribution is -1.95. The van der Waals surface area contributed by atoms with E-state index in [0.29, 0.717) is 16.3 Å². The fourth-order valence-corrected chi connectivity index (χ4v) is 1.42. The molecule has 0 atom stereocenters. The van der Waals surface area contributed by atoms with E-state index in [2.05, 4.69) is 15.9 Å². The smallest absolute Gasteiger partial charge is 0.0713 e. The first-order chi connectivity index (χ1) is 5.16. The second-order valence-electron chi connectivity index (χ2n) is 2.08. The summed E-state index contributed by atoms with van der Waals surface area (Å²) >= 11 is 8.95. The Kier molecular flexibility index (Phi) is 2.76. The van der Waals surface area contributed by atoms with Gasteiger partial charge in [0.1, 0.15) is 0 Å². The third-order valence-electron chi connectivity index (χ3n) is 1.40. The molecule has 3 N–H and O–H groups in total. The maximum Gasteiger partial charge on any atom is 0.0713 e. The number of nitrogen functional groups attached to an aromatic ring is 1. The Bertz CT molecular complexity index is 277. The van der Waals surface area contributed by atoms with Crippen molar-refractivity contribution in [2.24, 2.45) is 0 Å². The highest BCUT2D eigenvalue weighted by molar-refractivity contribution is 9.10. The molecular weight excluding hydrogens is 229 g/mol. The van der Waals surface area contributed by atoms with Crippen molar-refractivity contribution >= 4 is 33.2 Å². The Hall–Kier alpha value is -0.250. The molecular formula is C7H7BrClNO. The number of anilines is 1. The highest BCUT2D eigenvalue weighted by Crippen LogP contribution is 2.29. The molecule has 2 nitrogen and oxygen atoms in total. The largest absolute Gasteiger partial charge is 0.397 e. The van der Waals surface area contributed by atoms with Gasteiger partial charge in [0.25, 0.3) is 0 Å². The van der Waals surface area contributed by atoms with Crippen LogP contribution in [0.5, 0.6) is 0 Å². The Morgan fingerprint density at radius 2 is 2.18 bits per heavy atom. The molecule has 0 saturated heterocycles. The zero-order valence-corrected chi connectivity index (χ0v) is 7.98. The van der Waals surface area contributed by atoms with Crippen molar-refractivity contribution in [1.29, 1.82) is 0 Å². The Balaban J connectivity index is 3.29. The molecule has 60 valence electrons. The van der Waals surface area contributed by atoms with E-state index in [4.69, 9.17) is 22.4 Å². The van der Waals surface area contributed by atoms with Crippen LogP contribution >= 0.6 is 27.5 Å². The summed E-state index contributed by atoms with van der Waals surface area (Å²) in [4.78, 5) is 0. The number of nitrogens with two attached hydrogens (primary N) is 1. The SMILES string of the molecule is Nc1c(Cl)ccc(Br)c1CO. The molecule has 0 amide bonds. The summed E-state index contributed by atoms with van der Waals surface area (Å²) in [7, 11) is 0. The van der Waals surface area contributed by atoms with Gasteiger partial charge < -0.3 is 10.8 Å². The number of halogens is 2. The molecule has 0 saturated carbocycles. The maximum atomic E-state index is 8.86. The lowest BCUT2D eigenvalue weighted by atomic mass is 10.2. The number of aliphatic hydroxyl groups excluding tert-OH is 1. The van der Waals surface area contributed by atoms with Gasteiger partial charge in [0.15, 0.2) is 0 Å². The molecule has 0 bridgehead atoms. The van der Waals surface area contributed by atoms with E-state index >= 15 is 0 Å². The first kappa shape index (κ1) is 8.84. The van der Waals surface area contributed by atoms with Crippen molar-refractivity contribution in [3.05, 3.63) is 27.2 Å². The van der Waals surface area contributed by atoms with Crippen LogP contribution in [-0.2, 0) is 6.61 Å². The minimum atomic E-state index is -0.104. The van der Waals surface area contributed by atoms with E-state index in [1.54, 1.807) is 12.1 Å². The zero-order valence-electron chi connectivity index (χ0n) is 5.64. The molecule has 0 spiro atoms. The van der Waals surface area contributed by atoms with Crippen LogP contribution in [0.1, 0.15) is 5.56 Å². The van der Waals surface area contributed by atoms with Crippen LogP contribution in [0.15, 0.2) is 16.6 Å². The van der Waals surface area contributed by atoms with Gasteiger partial charge in [-0.3, -0.25) is 0 Å². The Morgan fingerprint density at radius 1 is 1.55 bits per heavy atom. The van der Waals surface area contributed by atoms with Gasteiger partial charge in [-0.1, -0.05) is 27.5 Å². The lowest BCUT2D eigenvalue weighted by molar-refractivity contribution is 0.282. The monoisotopic (exact) mass is 235 g/mol. The van der Waals surface area contributed by atoms with E-state index in [-0.39, 0.29) is 6.61 Å². The molecule has 4 heteroatoms. The summed E-state index contributed by atoms with van der Waals surface area (Å²) in [5, 5.41) is 9.32. The predicted octanol–water partition coefficient (Wildman–Crippen LogP) is 2.18. The second kappa shape index (κ2) is 3.43. The molecule has 0 aliphatic heterocycles. The van der Waals surface area contributed by atoms with E-state index < -0.39 is 0 Å². The van der Waals surface area contributed by atoms with Crippen LogP contribution in [0, 0.1) is 0 Å². The molecule has 0 radical (unpaired) electrons. The van der Waals surface area contributed by atoms with Crippen LogP contribution in [0.3, 0.4) is 0 Å². The third kappa shape index (κ3) is 1.67. The van der Waals surface area contributed by atoms with E-state index in [1.165, 1.54) is 0 Å². The van der Waals surface area contributed by atoms with Crippen LogP contribution in [-0.4, -0.2) is 5.11 Å². The van der Waals surface area contributed by atoms with Gasteiger partial charge in [-0.05, 0) is 12.1 Å². The third-order valence-corrected chi connectivity index (χ3v) is 2.48. The number of hydrogen-bond donors (Lipinski definition) is 2. The predicted molar refractivity (Wildman–Crippen MR) is 49.5 cm³/mol. The molecule has 0 unspecified atom stereocenters. The normalized spacial score (nSPS) is 10.1. The number of aliphatic hydroxyl groups is 1. The summed E-state index contributed by atoms with van der Waals surface area (Å²) in [6.45, 7) is -0.104. The maximum absolute atomic E-state index is 8.86. The fraction of sp³-hybridized carbons (Fsp3) is 0.143.